The number of ketones is 1. The van der Waals surface area contributed by atoms with E-state index in [0.717, 1.165) is 8.04 Å². The van der Waals surface area contributed by atoms with Gasteiger partial charge < -0.3 is 4.74 Å². The molecule has 2 aromatic rings. The van der Waals surface area contributed by atoms with Crippen LogP contribution in [0, 0.1) is 3.57 Å². The lowest BCUT2D eigenvalue weighted by Gasteiger charge is -2.07. The summed E-state index contributed by atoms with van der Waals surface area (Å²) in [6.07, 6.45) is 1.54. The number of aromatic nitrogens is 2. The Morgan fingerprint density at radius 2 is 2.22 bits per heavy atom. The van der Waals surface area contributed by atoms with Crippen molar-refractivity contribution in [2.75, 3.05) is 7.11 Å². The van der Waals surface area contributed by atoms with Crippen molar-refractivity contribution >= 4 is 44.3 Å². The highest BCUT2D eigenvalue weighted by atomic mass is 127. The van der Waals surface area contributed by atoms with E-state index in [0.29, 0.717) is 17.0 Å². The highest BCUT2D eigenvalue weighted by Crippen LogP contribution is 2.25. The molecule has 1 heterocycles. The van der Waals surface area contributed by atoms with E-state index in [2.05, 4.69) is 43.6 Å². The zero-order chi connectivity index (χ0) is 13.3. The van der Waals surface area contributed by atoms with E-state index < -0.39 is 0 Å². The number of carbonyl (C=O) groups excluding carboxylic acids is 1. The lowest BCUT2D eigenvalue weighted by Crippen LogP contribution is -2.11. The number of halogens is 2. The molecular weight excluding hydrogens is 411 g/mol. The minimum absolute atomic E-state index is 0.0995. The van der Waals surface area contributed by atoms with E-state index in [4.69, 9.17) is 4.74 Å². The summed E-state index contributed by atoms with van der Waals surface area (Å²) in [6.45, 7) is 0. The van der Waals surface area contributed by atoms with E-state index in [1.54, 1.807) is 13.1 Å². The van der Waals surface area contributed by atoms with Gasteiger partial charge >= 0.3 is 0 Å². The quantitative estimate of drug-likeness (QED) is 0.566. The molecule has 18 heavy (non-hydrogen) atoms. The Labute approximate surface area is 127 Å². The second-order valence-corrected chi connectivity index (χ2v) is 5.72. The van der Waals surface area contributed by atoms with Gasteiger partial charge in [-0.05, 0) is 40.8 Å². The zero-order valence-corrected chi connectivity index (χ0v) is 13.5. The van der Waals surface area contributed by atoms with E-state index in [9.17, 15) is 4.79 Å². The molecule has 2 rings (SSSR count). The fraction of sp³-hybridized carbons (Fsp3) is 0.167. The van der Waals surface area contributed by atoms with Crippen LogP contribution in [0.25, 0.3) is 0 Å². The van der Waals surface area contributed by atoms with Crippen LogP contribution in [0.15, 0.2) is 28.9 Å². The number of hydrogen-bond acceptors (Lipinski definition) is 3. The van der Waals surface area contributed by atoms with Crippen LogP contribution in [-0.2, 0) is 7.05 Å². The van der Waals surface area contributed by atoms with Gasteiger partial charge in [0, 0.05) is 20.7 Å². The molecule has 0 unspecified atom stereocenters. The lowest BCUT2D eigenvalue weighted by atomic mass is 10.1. The monoisotopic (exact) mass is 420 g/mol. The smallest absolute Gasteiger partial charge is 0.215 e. The van der Waals surface area contributed by atoms with Gasteiger partial charge in [0.2, 0.25) is 5.78 Å². The molecule has 1 aromatic carbocycles. The van der Waals surface area contributed by atoms with E-state index >= 15 is 0 Å². The van der Waals surface area contributed by atoms with Crippen molar-refractivity contribution in [3.63, 3.8) is 0 Å². The number of ether oxygens (including phenoxy) is 1. The van der Waals surface area contributed by atoms with E-state index in [-0.39, 0.29) is 5.78 Å². The molecule has 0 amide bonds. The maximum Gasteiger partial charge on any atom is 0.215 e. The zero-order valence-electron chi connectivity index (χ0n) is 9.78. The number of methoxy groups -OCH3 is 1. The first-order valence-electron chi connectivity index (χ1n) is 5.10. The predicted octanol–water partition coefficient (Wildman–Crippen LogP) is 3.03. The first-order chi connectivity index (χ1) is 8.54. The molecule has 4 nitrogen and oxygen atoms in total. The largest absolute Gasteiger partial charge is 0.493 e. The van der Waals surface area contributed by atoms with Crippen molar-refractivity contribution in [3.8, 4) is 5.75 Å². The van der Waals surface area contributed by atoms with Crippen molar-refractivity contribution in [1.29, 1.82) is 0 Å². The molecule has 0 saturated heterocycles. The number of benzene rings is 1. The van der Waals surface area contributed by atoms with Crippen molar-refractivity contribution in [3.05, 3.63) is 43.7 Å². The SMILES string of the molecule is COc1cnn(C)c1C(=O)c1cc(Br)ccc1I. The van der Waals surface area contributed by atoms with Crippen LogP contribution < -0.4 is 4.74 Å². The maximum atomic E-state index is 12.5. The number of carbonyl (C=O) groups is 1. The highest BCUT2D eigenvalue weighted by molar-refractivity contribution is 14.1. The van der Waals surface area contributed by atoms with Gasteiger partial charge in [-0.3, -0.25) is 9.48 Å². The van der Waals surface area contributed by atoms with Gasteiger partial charge in [0.1, 0.15) is 0 Å². The number of hydrogen-bond donors (Lipinski definition) is 0. The summed E-state index contributed by atoms with van der Waals surface area (Å²) in [5.41, 5.74) is 1.08. The van der Waals surface area contributed by atoms with E-state index in [1.807, 2.05) is 12.1 Å². The summed E-state index contributed by atoms with van der Waals surface area (Å²) in [6, 6.07) is 5.59. The highest BCUT2D eigenvalue weighted by Gasteiger charge is 2.21. The Morgan fingerprint density at radius 3 is 2.89 bits per heavy atom. The molecule has 1 aromatic heterocycles. The third kappa shape index (κ3) is 2.44. The average Bonchev–Trinajstić information content (AvgIpc) is 2.72. The molecule has 0 radical (unpaired) electrons. The van der Waals surface area contributed by atoms with Crippen molar-refractivity contribution in [1.82, 2.24) is 9.78 Å². The van der Waals surface area contributed by atoms with Crippen LogP contribution >= 0.6 is 38.5 Å². The third-order valence-corrected chi connectivity index (χ3v) is 3.95. The molecule has 0 bridgehead atoms. The van der Waals surface area contributed by atoms with Crippen molar-refractivity contribution < 1.29 is 9.53 Å². The van der Waals surface area contributed by atoms with Crippen LogP contribution in [-0.4, -0.2) is 22.7 Å². The summed E-state index contributed by atoms with van der Waals surface area (Å²) in [7, 11) is 3.25. The van der Waals surface area contributed by atoms with Crippen LogP contribution in [0.2, 0.25) is 0 Å². The second kappa shape index (κ2) is 5.40. The second-order valence-electron chi connectivity index (χ2n) is 3.64. The van der Waals surface area contributed by atoms with Gasteiger partial charge in [-0.1, -0.05) is 15.9 Å². The Morgan fingerprint density at radius 1 is 1.50 bits per heavy atom. The topological polar surface area (TPSA) is 44.1 Å². The fourth-order valence-electron chi connectivity index (χ4n) is 1.62. The minimum Gasteiger partial charge on any atom is -0.493 e. The van der Waals surface area contributed by atoms with Gasteiger partial charge in [0.15, 0.2) is 11.4 Å². The average molecular weight is 421 g/mol. The molecule has 94 valence electrons. The maximum absolute atomic E-state index is 12.5. The summed E-state index contributed by atoms with van der Waals surface area (Å²) in [5.74, 6) is 0.385. The molecule has 0 saturated carbocycles. The van der Waals surface area contributed by atoms with Crippen LogP contribution in [0.3, 0.4) is 0 Å². The number of aryl methyl sites for hydroxylation is 1. The third-order valence-electron chi connectivity index (χ3n) is 2.51. The Balaban J connectivity index is 2.54. The summed E-state index contributed by atoms with van der Waals surface area (Å²) in [4.78, 5) is 12.5. The Kier molecular flexibility index (Phi) is 4.06. The fourth-order valence-corrected chi connectivity index (χ4v) is 2.57. The Bertz CT molecular complexity index is 610. The first kappa shape index (κ1) is 13.5. The Hall–Kier alpha value is -0.890. The summed E-state index contributed by atoms with van der Waals surface area (Å²) >= 11 is 5.51. The molecule has 0 N–H and O–H groups in total. The van der Waals surface area contributed by atoms with Crippen molar-refractivity contribution in [2.24, 2.45) is 7.05 Å². The molecule has 0 aliphatic heterocycles. The molecular formula is C12H10BrIN2O2. The van der Waals surface area contributed by atoms with Crippen LogP contribution in [0.4, 0.5) is 0 Å². The molecule has 0 spiro atoms. The van der Waals surface area contributed by atoms with Gasteiger partial charge in [-0.2, -0.15) is 5.10 Å². The molecule has 0 aliphatic rings. The molecule has 6 heteroatoms. The van der Waals surface area contributed by atoms with Gasteiger partial charge in [-0.15, -0.1) is 0 Å². The van der Waals surface area contributed by atoms with Gasteiger partial charge in [0.05, 0.1) is 13.3 Å². The molecule has 0 aliphatic carbocycles. The van der Waals surface area contributed by atoms with Gasteiger partial charge in [0.25, 0.3) is 0 Å². The van der Waals surface area contributed by atoms with Crippen LogP contribution in [0.5, 0.6) is 5.75 Å². The lowest BCUT2D eigenvalue weighted by molar-refractivity contribution is 0.102. The predicted molar refractivity (Wildman–Crippen MR) is 80.1 cm³/mol. The normalized spacial score (nSPS) is 10.4. The number of rotatable bonds is 3. The molecule has 0 fully saturated rings. The molecule has 0 atom stereocenters. The van der Waals surface area contributed by atoms with Gasteiger partial charge in [-0.25, -0.2) is 0 Å². The first-order valence-corrected chi connectivity index (χ1v) is 6.97. The van der Waals surface area contributed by atoms with E-state index in [1.165, 1.54) is 18.0 Å². The standard InChI is InChI=1S/C12H10BrIN2O2/c1-16-11(10(18-2)6-15-16)12(17)8-5-7(13)3-4-9(8)14/h3-6H,1-2H3. The summed E-state index contributed by atoms with van der Waals surface area (Å²) < 4.78 is 8.45. The van der Waals surface area contributed by atoms with Crippen LogP contribution in [0.1, 0.15) is 16.1 Å². The minimum atomic E-state index is -0.0995. The number of nitrogens with zero attached hydrogens (tertiary/aromatic N) is 2. The summed E-state index contributed by atoms with van der Waals surface area (Å²) in [5, 5.41) is 4.04. The van der Waals surface area contributed by atoms with Crippen molar-refractivity contribution in [2.45, 2.75) is 0 Å².